The summed E-state index contributed by atoms with van der Waals surface area (Å²) in [7, 11) is 1.66. The number of aryl methyl sites for hydroxylation is 1. The second kappa shape index (κ2) is 6.56. The third-order valence-electron chi connectivity index (χ3n) is 3.66. The number of imidazole rings is 1. The fraction of sp³-hybridized carbons (Fsp3) is 0.111. The molecule has 0 fully saturated rings. The molecule has 1 aromatic heterocycles. The van der Waals surface area contributed by atoms with E-state index in [1.807, 2.05) is 61.7 Å². The lowest BCUT2D eigenvalue weighted by Gasteiger charge is -2.14. The normalized spacial score (nSPS) is 10.6. The molecule has 5 heteroatoms. The highest BCUT2D eigenvalue weighted by Crippen LogP contribution is 2.28. The number of methoxy groups -OCH3 is 1. The number of nitrogens with zero attached hydrogens (tertiary/aromatic N) is 2. The van der Waals surface area contributed by atoms with Crippen LogP contribution in [0.3, 0.4) is 0 Å². The van der Waals surface area contributed by atoms with Crippen LogP contribution >= 0.6 is 24.8 Å². The van der Waals surface area contributed by atoms with E-state index in [9.17, 15) is 0 Å². The van der Waals surface area contributed by atoms with Gasteiger partial charge >= 0.3 is 0 Å². The Labute approximate surface area is 146 Å². The van der Waals surface area contributed by atoms with Crippen molar-refractivity contribution in [3.8, 4) is 22.8 Å². The Balaban J connectivity index is 2.18. The Bertz CT molecular complexity index is 854. The largest absolute Gasteiger partial charge is 0.497 e. The SMILES string of the molecule is COc1ccc(-c2ncc(C)n2-c2ccccc2C(=S)S)cc1. The van der Waals surface area contributed by atoms with E-state index < -0.39 is 0 Å². The topological polar surface area (TPSA) is 27.1 Å². The lowest BCUT2D eigenvalue weighted by Crippen LogP contribution is -2.05. The van der Waals surface area contributed by atoms with Gasteiger partial charge in [0.05, 0.1) is 17.0 Å². The van der Waals surface area contributed by atoms with Crippen LogP contribution in [0.1, 0.15) is 11.3 Å². The predicted octanol–water partition coefficient (Wildman–Crippen LogP) is 4.46. The molecule has 0 bridgehead atoms. The van der Waals surface area contributed by atoms with Crippen LogP contribution in [0, 0.1) is 6.92 Å². The van der Waals surface area contributed by atoms with Crippen molar-refractivity contribution in [2.75, 3.05) is 7.11 Å². The van der Waals surface area contributed by atoms with E-state index in [1.165, 1.54) is 0 Å². The van der Waals surface area contributed by atoms with Crippen molar-refractivity contribution >= 4 is 29.0 Å². The first-order valence-corrected chi connectivity index (χ1v) is 7.99. The van der Waals surface area contributed by atoms with E-state index in [-0.39, 0.29) is 0 Å². The van der Waals surface area contributed by atoms with Crippen molar-refractivity contribution in [3.05, 3.63) is 66.0 Å². The highest BCUT2D eigenvalue weighted by Gasteiger charge is 2.15. The molecule has 0 unspecified atom stereocenters. The first-order valence-electron chi connectivity index (χ1n) is 7.13. The van der Waals surface area contributed by atoms with Gasteiger partial charge in [0.25, 0.3) is 0 Å². The quantitative estimate of drug-likeness (QED) is 0.561. The van der Waals surface area contributed by atoms with Crippen molar-refractivity contribution in [1.82, 2.24) is 9.55 Å². The van der Waals surface area contributed by atoms with E-state index >= 15 is 0 Å². The number of thiol groups is 1. The summed E-state index contributed by atoms with van der Waals surface area (Å²) in [4.78, 5) is 4.57. The molecule has 3 nitrogen and oxygen atoms in total. The van der Waals surface area contributed by atoms with Crippen LogP contribution in [-0.2, 0) is 0 Å². The van der Waals surface area contributed by atoms with Crippen molar-refractivity contribution in [2.45, 2.75) is 6.92 Å². The van der Waals surface area contributed by atoms with Crippen molar-refractivity contribution < 1.29 is 4.74 Å². The van der Waals surface area contributed by atoms with Gasteiger partial charge in [0.2, 0.25) is 0 Å². The average molecular weight is 340 g/mol. The lowest BCUT2D eigenvalue weighted by atomic mass is 10.1. The molecule has 0 aliphatic heterocycles. The maximum absolute atomic E-state index is 5.27. The smallest absolute Gasteiger partial charge is 0.144 e. The van der Waals surface area contributed by atoms with Crippen LogP contribution in [0.15, 0.2) is 54.7 Å². The molecule has 0 spiro atoms. The molecule has 3 rings (SSSR count). The van der Waals surface area contributed by atoms with E-state index in [4.69, 9.17) is 17.0 Å². The molecule has 2 aromatic carbocycles. The summed E-state index contributed by atoms with van der Waals surface area (Å²) in [6, 6.07) is 15.8. The zero-order valence-corrected chi connectivity index (χ0v) is 14.6. The van der Waals surface area contributed by atoms with Crippen molar-refractivity contribution in [2.24, 2.45) is 0 Å². The van der Waals surface area contributed by atoms with Crippen molar-refractivity contribution in [1.29, 1.82) is 0 Å². The third kappa shape index (κ3) is 3.02. The molecular weight excluding hydrogens is 324 g/mol. The van der Waals surface area contributed by atoms with Gasteiger partial charge < -0.3 is 4.74 Å². The molecule has 116 valence electrons. The summed E-state index contributed by atoms with van der Waals surface area (Å²) in [5.41, 5.74) is 3.95. The third-order valence-corrected chi connectivity index (χ3v) is 4.12. The van der Waals surface area contributed by atoms with Crippen LogP contribution in [0.25, 0.3) is 17.1 Å². The van der Waals surface area contributed by atoms with E-state index in [0.29, 0.717) is 4.20 Å². The average Bonchev–Trinajstić information content (AvgIpc) is 2.96. The minimum absolute atomic E-state index is 0.564. The summed E-state index contributed by atoms with van der Waals surface area (Å²) in [6.07, 6.45) is 1.86. The minimum Gasteiger partial charge on any atom is -0.497 e. The van der Waals surface area contributed by atoms with Gasteiger partial charge in [-0.25, -0.2) is 4.98 Å². The maximum Gasteiger partial charge on any atom is 0.144 e. The summed E-state index contributed by atoms with van der Waals surface area (Å²) >= 11 is 9.62. The Morgan fingerprint density at radius 3 is 2.48 bits per heavy atom. The Kier molecular flexibility index (Phi) is 4.50. The second-order valence-corrected chi connectivity index (χ2v) is 6.27. The number of hydrogen-bond donors (Lipinski definition) is 1. The molecule has 0 N–H and O–H groups in total. The molecule has 1 heterocycles. The van der Waals surface area contributed by atoms with Gasteiger partial charge in [-0.15, -0.1) is 12.6 Å². The minimum atomic E-state index is 0.564. The first-order chi connectivity index (χ1) is 11.1. The summed E-state index contributed by atoms with van der Waals surface area (Å²) < 4.78 is 7.88. The molecule has 0 atom stereocenters. The van der Waals surface area contributed by atoms with Crippen LogP contribution in [-0.4, -0.2) is 20.9 Å². The molecule has 0 amide bonds. The molecule has 0 aliphatic rings. The van der Waals surface area contributed by atoms with E-state index in [0.717, 1.165) is 34.1 Å². The number of para-hydroxylation sites is 1. The van der Waals surface area contributed by atoms with Gasteiger partial charge in [0.1, 0.15) is 11.6 Å². The zero-order chi connectivity index (χ0) is 16.4. The fourth-order valence-electron chi connectivity index (χ4n) is 2.53. The molecule has 0 aliphatic carbocycles. The first kappa shape index (κ1) is 15.8. The maximum atomic E-state index is 5.27. The molecule has 0 saturated carbocycles. The van der Waals surface area contributed by atoms with Crippen LogP contribution in [0.2, 0.25) is 0 Å². The van der Waals surface area contributed by atoms with Gasteiger partial charge in [-0.1, -0.05) is 30.4 Å². The molecule has 23 heavy (non-hydrogen) atoms. The predicted molar refractivity (Wildman–Crippen MR) is 101 cm³/mol. The van der Waals surface area contributed by atoms with Gasteiger partial charge in [0.15, 0.2) is 0 Å². The Hall–Kier alpha value is -2.11. The van der Waals surface area contributed by atoms with Crippen LogP contribution in [0.5, 0.6) is 5.75 Å². The van der Waals surface area contributed by atoms with Crippen LogP contribution < -0.4 is 4.74 Å². The van der Waals surface area contributed by atoms with E-state index in [1.54, 1.807) is 7.11 Å². The lowest BCUT2D eigenvalue weighted by molar-refractivity contribution is 0.415. The Morgan fingerprint density at radius 2 is 1.83 bits per heavy atom. The monoisotopic (exact) mass is 340 g/mol. The van der Waals surface area contributed by atoms with Crippen LogP contribution in [0.4, 0.5) is 0 Å². The summed E-state index contributed by atoms with van der Waals surface area (Å²) in [6.45, 7) is 2.03. The number of thiocarbonyl (C=S) groups is 1. The molecular formula is C18H16N2OS2. The standard InChI is InChI=1S/C18H16N2OS2/c1-12-11-19-17(13-7-9-14(21-2)10-8-13)20(12)16-6-4-3-5-15(16)18(22)23/h3-11H,1-2H3,(H,22,23). The fourth-order valence-corrected chi connectivity index (χ4v) is 2.90. The summed E-state index contributed by atoms with van der Waals surface area (Å²) in [5, 5.41) is 0. The van der Waals surface area contributed by atoms with Gasteiger partial charge in [-0.3, -0.25) is 4.57 Å². The van der Waals surface area contributed by atoms with Gasteiger partial charge in [-0.05, 0) is 37.3 Å². The number of aromatic nitrogens is 2. The molecule has 0 saturated heterocycles. The van der Waals surface area contributed by atoms with Gasteiger partial charge in [-0.2, -0.15) is 0 Å². The number of rotatable bonds is 4. The van der Waals surface area contributed by atoms with E-state index in [2.05, 4.69) is 22.2 Å². The zero-order valence-electron chi connectivity index (χ0n) is 12.9. The highest BCUT2D eigenvalue weighted by atomic mass is 32.1. The number of ether oxygens (including phenoxy) is 1. The van der Waals surface area contributed by atoms with Gasteiger partial charge in [0, 0.05) is 23.0 Å². The molecule has 0 radical (unpaired) electrons. The summed E-state index contributed by atoms with van der Waals surface area (Å²) in [5.74, 6) is 1.68. The highest BCUT2D eigenvalue weighted by molar-refractivity contribution is 8.11. The molecule has 3 aromatic rings. The Morgan fingerprint density at radius 1 is 1.13 bits per heavy atom. The number of benzene rings is 2. The van der Waals surface area contributed by atoms with Crippen molar-refractivity contribution in [3.63, 3.8) is 0 Å². The number of hydrogen-bond acceptors (Lipinski definition) is 3. The second-order valence-electron chi connectivity index (χ2n) is 5.11.